The summed E-state index contributed by atoms with van der Waals surface area (Å²) in [4.78, 5) is 0. The fourth-order valence-corrected chi connectivity index (χ4v) is 3.32. The topological polar surface area (TPSA) is 12.0 Å². The van der Waals surface area contributed by atoms with Crippen molar-refractivity contribution in [3.63, 3.8) is 0 Å². The van der Waals surface area contributed by atoms with E-state index in [1.54, 1.807) is 0 Å². The molecule has 1 heteroatoms. The molecular weight excluding hydrogens is 230 g/mol. The van der Waals surface area contributed by atoms with E-state index < -0.39 is 0 Å². The van der Waals surface area contributed by atoms with Gasteiger partial charge in [0.2, 0.25) is 0 Å². The highest BCUT2D eigenvalue weighted by atomic mass is 14.8. The van der Waals surface area contributed by atoms with E-state index >= 15 is 0 Å². The van der Waals surface area contributed by atoms with Crippen LogP contribution in [0.3, 0.4) is 0 Å². The Morgan fingerprint density at radius 3 is 2.11 bits per heavy atom. The maximum atomic E-state index is 3.63. The average molecular weight is 268 g/mol. The first-order chi connectivity index (χ1) is 9.43. The van der Waals surface area contributed by atoms with E-state index in [1.165, 1.54) is 103 Å². The van der Waals surface area contributed by atoms with E-state index in [-0.39, 0.29) is 0 Å². The molecule has 0 amide bonds. The molecule has 1 rings (SSSR count). The Morgan fingerprint density at radius 2 is 1.37 bits per heavy atom. The van der Waals surface area contributed by atoms with Crippen LogP contribution in [0.15, 0.2) is 0 Å². The molecule has 0 aromatic rings. The van der Waals surface area contributed by atoms with Crippen molar-refractivity contribution in [3.8, 4) is 0 Å². The second kappa shape index (κ2) is 13.0. The van der Waals surface area contributed by atoms with Gasteiger partial charge in [-0.2, -0.15) is 0 Å². The van der Waals surface area contributed by atoms with E-state index in [4.69, 9.17) is 0 Å². The molecule has 0 spiro atoms. The number of unbranched alkanes of at least 4 members (excludes halogenated alkanes) is 6. The molecule has 0 saturated heterocycles. The van der Waals surface area contributed by atoms with Gasteiger partial charge in [-0.3, -0.25) is 0 Å². The highest BCUT2D eigenvalue weighted by molar-refractivity contribution is 4.66. The first-order valence-electron chi connectivity index (χ1n) is 9.14. The molecule has 0 bridgehead atoms. The molecule has 0 aromatic carbocycles. The van der Waals surface area contributed by atoms with Crippen LogP contribution in [-0.2, 0) is 0 Å². The van der Waals surface area contributed by atoms with Gasteiger partial charge in [0.1, 0.15) is 0 Å². The van der Waals surface area contributed by atoms with Crippen LogP contribution in [0.5, 0.6) is 0 Å². The van der Waals surface area contributed by atoms with Crippen LogP contribution >= 0.6 is 0 Å². The van der Waals surface area contributed by atoms with Gasteiger partial charge in [0.25, 0.3) is 0 Å². The van der Waals surface area contributed by atoms with Gasteiger partial charge in [-0.15, -0.1) is 0 Å². The molecule has 0 unspecified atom stereocenters. The molecule has 0 aromatic heterocycles. The lowest BCUT2D eigenvalue weighted by molar-refractivity contribution is 0.330. The number of rotatable bonds is 12. The fraction of sp³-hybridized carbons (Fsp3) is 1.00. The van der Waals surface area contributed by atoms with Crippen molar-refractivity contribution in [1.82, 2.24) is 5.32 Å². The predicted octanol–water partition coefficient (Wildman–Crippen LogP) is 5.69. The summed E-state index contributed by atoms with van der Waals surface area (Å²) < 4.78 is 0. The molecule has 19 heavy (non-hydrogen) atoms. The lowest BCUT2D eigenvalue weighted by Gasteiger charge is -2.21. The van der Waals surface area contributed by atoms with Gasteiger partial charge in [-0.05, 0) is 38.3 Å². The lowest BCUT2D eigenvalue weighted by atomic mass is 9.86. The van der Waals surface area contributed by atoms with Crippen LogP contribution in [0.1, 0.15) is 96.8 Å². The van der Waals surface area contributed by atoms with Gasteiger partial charge in [0, 0.05) is 0 Å². The summed E-state index contributed by atoms with van der Waals surface area (Å²) >= 11 is 0. The van der Waals surface area contributed by atoms with Gasteiger partial charge in [0.15, 0.2) is 0 Å². The van der Waals surface area contributed by atoms with E-state index in [0.717, 1.165) is 5.92 Å². The third kappa shape index (κ3) is 10.4. The predicted molar refractivity (Wildman–Crippen MR) is 86.7 cm³/mol. The summed E-state index contributed by atoms with van der Waals surface area (Å²) in [5.41, 5.74) is 0. The quantitative estimate of drug-likeness (QED) is 0.448. The standard InChI is InChI=1S/C18H37N/c1-2-3-4-5-6-7-11-16-19-17-12-15-18-13-9-8-10-14-18/h18-19H,2-17H2,1H3. The summed E-state index contributed by atoms with van der Waals surface area (Å²) in [6.07, 6.45) is 20.3. The summed E-state index contributed by atoms with van der Waals surface area (Å²) in [5, 5.41) is 3.63. The molecule has 0 radical (unpaired) electrons. The average Bonchev–Trinajstić information content (AvgIpc) is 2.46. The molecular formula is C18H37N. The smallest absolute Gasteiger partial charge is 0.00488 e. The highest BCUT2D eigenvalue weighted by Crippen LogP contribution is 2.26. The maximum absolute atomic E-state index is 3.63. The lowest BCUT2D eigenvalue weighted by Crippen LogP contribution is -2.18. The first-order valence-corrected chi connectivity index (χ1v) is 9.14. The van der Waals surface area contributed by atoms with Crippen molar-refractivity contribution in [3.05, 3.63) is 0 Å². The number of hydrogen-bond acceptors (Lipinski definition) is 1. The summed E-state index contributed by atoms with van der Waals surface area (Å²) in [7, 11) is 0. The Balaban J connectivity index is 1.71. The van der Waals surface area contributed by atoms with Crippen molar-refractivity contribution in [2.75, 3.05) is 13.1 Å². The molecule has 0 atom stereocenters. The first kappa shape index (κ1) is 17.0. The van der Waals surface area contributed by atoms with Crippen LogP contribution in [0.2, 0.25) is 0 Å². The van der Waals surface area contributed by atoms with E-state index in [1.807, 2.05) is 0 Å². The molecule has 114 valence electrons. The van der Waals surface area contributed by atoms with Crippen molar-refractivity contribution >= 4 is 0 Å². The second-order valence-electron chi connectivity index (χ2n) is 6.52. The SMILES string of the molecule is CCCCCCCCCNCCCC1CCCCC1. The zero-order valence-electron chi connectivity index (χ0n) is 13.4. The Kier molecular flexibility index (Phi) is 11.6. The minimum absolute atomic E-state index is 1.06. The maximum Gasteiger partial charge on any atom is -0.00488 e. The van der Waals surface area contributed by atoms with Gasteiger partial charge in [-0.1, -0.05) is 77.6 Å². The summed E-state index contributed by atoms with van der Waals surface area (Å²) in [6, 6.07) is 0. The van der Waals surface area contributed by atoms with Crippen molar-refractivity contribution in [2.45, 2.75) is 96.8 Å². The van der Waals surface area contributed by atoms with Gasteiger partial charge < -0.3 is 5.32 Å². The Hall–Kier alpha value is -0.0400. The highest BCUT2D eigenvalue weighted by Gasteiger charge is 2.12. The van der Waals surface area contributed by atoms with Gasteiger partial charge >= 0.3 is 0 Å². The second-order valence-corrected chi connectivity index (χ2v) is 6.52. The molecule has 1 nitrogen and oxygen atoms in total. The minimum Gasteiger partial charge on any atom is -0.317 e. The fourth-order valence-electron chi connectivity index (χ4n) is 3.32. The largest absolute Gasteiger partial charge is 0.317 e. The van der Waals surface area contributed by atoms with Crippen LogP contribution < -0.4 is 5.32 Å². The summed E-state index contributed by atoms with van der Waals surface area (Å²) in [5.74, 6) is 1.06. The van der Waals surface area contributed by atoms with E-state index in [0.29, 0.717) is 0 Å². The van der Waals surface area contributed by atoms with Gasteiger partial charge in [0.05, 0.1) is 0 Å². The normalized spacial score (nSPS) is 16.9. The zero-order chi connectivity index (χ0) is 13.6. The Labute approximate surface area is 121 Å². The Morgan fingerprint density at radius 1 is 0.737 bits per heavy atom. The van der Waals surface area contributed by atoms with Crippen molar-refractivity contribution < 1.29 is 0 Å². The van der Waals surface area contributed by atoms with E-state index in [9.17, 15) is 0 Å². The third-order valence-corrected chi connectivity index (χ3v) is 4.65. The van der Waals surface area contributed by atoms with Crippen molar-refractivity contribution in [1.29, 1.82) is 0 Å². The van der Waals surface area contributed by atoms with Crippen LogP contribution in [0.4, 0.5) is 0 Å². The number of hydrogen-bond donors (Lipinski definition) is 1. The van der Waals surface area contributed by atoms with E-state index in [2.05, 4.69) is 12.2 Å². The third-order valence-electron chi connectivity index (χ3n) is 4.65. The van der Waals surface area contributed by atoms with Crippen molar-refractivity contribution in [2.24, 2.45) is 5.92 Å². The van der Waals surface area contributed by atoms with Gasteiger partial charge in [-0.25, -0.2) is 0 Å². The zero-order valence-corrected chi connectivity index (χ0v) is 13.4. The van der Waals surface area contributed by atoms with Crippen LogP contribution in [0.25, 0.3) is 0 Å². The molecule has 0 heterocycles. The monoisotopic (exact) mass is 267 g/mol. The van der Waals surface area contributed by atoms with Crippen LogP contribution in [0, 0.1) is 5.92 Å². The molecule has 1 fully saturated rings. The molecule has 0 aliphatic heterocycles. The molecule has 1 aliphatic rings. The molecule has 1 N–H and O–H groups in total. The number of nitrogens with one attached hydrogen (secondary N) is 1. The molecule has 1 aliphatic carbocycles. The Bertz CT molecular complexity index is 173. The molecule has 1 saturated carbocycles. The summed E-state index contributed by atoms with van der Waals surface area (Å²) in [6.45, 7) is 4.79. The van der Waals surface area contributed by atoms with Crippen LogP contribution in [-0.4, -0.2) is 13.1 Å². The minimum atomic E-state index is 1.06.